The summed E-state index contributed by atoms with van der Waals surface area (Å²) in [5.41, 5.74) is 1.35. The van der Waals surface area contributed by atoms with Crippen LogP contribution < -0.4 is 5.32 Å². The number of hydrogen-bond acceptors (Lipinski definition) is 9. The second-order valence-electron chi connectivity index (χ2n) is 6.94. The summed E-state index contributed by atoms with van der Waals surface area (Å²) in [6.45, 7) is 0. The van der Waals surface area contributed by atoms with Crippen molar-refractivity contribution in [3.63, 3.8) is 0 Å². The Morgan fingerprint density at radius 3 is 2.77 bits per heavy atom. The number of amides is 2. The highest BCUT2D eigenvalue weighted by atomic mass is 32.2. The molecule has 2 aromatic rings. The average molecular weight is 466 g/mol. The summed E-state index contributed by atoms with van der Waals surface area (Å²) in [7, 11) is -3.16. The van der Waals surface area contributed by atoms with Gasteiger partial charge in [0.2, 0.25) is 11.0 Å². The Morgan fingerprint density at radius 1 is 1.23 bits per heavy atom. The third-order valence-electron chi connectivity index (χ3n) is 4.71. The molecule has 1 N–H and O–H groups in total. The van der Waals surface area contributed by atoms with E-state index in [0.29, 0.717) is 11.6 Å². The van der Waals surface area contributed by atoms with E-state index < -0.39 is 21.8 Å². The fraction of sp³-hybridized carbons (Fsp3) is 0.389. The van der Waals surface area contributed by atoms with Gasteiger partial charge in [0.25, 0.3) is 5.91 Å². The Hall–Kier alpha value is -2.31. The SMILES string of the molecule is O=C(Nc1nnc(SCc2ccccc2)s1)C1=NN(C2CCS(=O)(=O)C2)C(=O)CC1. The summed E-state index contributed by atoms with van der Waals surface area (Å²) in [5.74, 6) is -0.0482. The number of carbonyl (C=O) groups is 2. The van der Waals surface area contributed by atoms with Crippen molar-refractivity contribution in [3.05, 3.63) is 35.9 Å². The van der Waals surface area contributed by atoms with E-state index in [4.69, 9.17) is 0 Å². The second-order valence-corrected chi connectivity index (χ2v) is 11.4. The van der Waals surface area contributed by atoms with Crippen LogP contribution in [0.5, 0.6) is 0 Å². The lowest BCUT2D eigenvalue weighted by Gasteiger charge is -2.27. The molecule has 4 rings (SSSR count). The zero-order valence-electron chi connectivity index (χ0n) is 15.9. The maximum atomic E-state index is 12.6. The highest BCUT2D eigenvalue weighted by Crippen LogP contribution is 2.28. The van der Waals surface area contributed by atoms with Gasteiger partial charge >= 0.3 is 0 Å². The number of benzene rings is 1. The molecule has 0 bridgehead atoms. The van der Waals surface area contributed by atoms with E-state index >= 15 is 0 Å². The van der Waals surface area contributed by atoms with E-state index in [0.717, 1.165) is 10.1 Å². The largest absolute Gasteiger partial charge is 0.295 e. The van der Waals surface area contributed by atoms with E-state index in [1.54, 1.807) is 0 Å². The van der Waals surface area contributed by atoms with Crippen molar-refractivity contribution in [2.24, 2.45) is 5.10 Å². The maximum Gasteiger partial charge on any atom is 0.273 e. The van der Waals surface area contributed by atoms with Gasteiger partial charge in [0.15, 0.2) is 14.2 Å². The minimum Gasteiger partial charge on any atom is -0.295 e. The van der Waals surface area contributed by atoms with Gasteiger partial charge in [-0.15, -0.1) is 10.2 Å². The van der Waals surface area contributed by atoms with Crippen molar-refractivity contribution in [3.8, 4) is 0 Å². The quantitative estimate of drug-likeness (QED) is 0.511. The van der Waals surface area contributed by atoms with Crippen LogP contribution in [0.15, 0.2) is 39.8 Å². The Bertz CT molecular complexity index is 1080. The van der Waals surface area contributed by atoms with Crippen LogP contribution in [0.4, 0.5) is 5.13 Å². The van der Waals surface area contributed by atoms with Gasteiger partial charge < -0.3 is 0 Å². The van der Waals surface area contributed by atoms with Crippen LogP contribution in [0.25, 0.3) is 0 Å². The van der Waals surface area contributed by atoms with Gasteiger partial charge in [-0.3, -0.25) is 14.9 Å². The van der Waals surface area contributed by atoms with E-state index in [9.17, 15) is 18.0 Å². The van der Waals surface area contributed by atoms with Gasteiger partial charge in [0, 0.05) is 18.6 Å². The van der Waals surface area contributed by atoms with Crippen LogP contribution in [0.3, 0.4) is 0 Å². The molecule has 0 spiro atoms. The molecule has 1 aromatic heterocycles. The molecule has 1 unspecified atom stereocenters. The third kappa shape index (κ3) is 5.05. The molecule has 9 nitrogen and oxygen atoms in total. The summed E-state index contributed by atoms with van der Waals surface area (Å²) in [6, 6.07) is 9.46. The third-order valence-corrected chi connectivity index (χ3v) is 8.50. The fourth-order valence-electron chi connectivity index (χ4n) is 3.20. The summed E-state index contributed by atoms with van der Waals surface area (Å²) < 4.78 is 24.2. The predicted molar refractivity (Wildman–Crippen MR) is 115 cm³/mol. The number of rotatable bonds is 6. The zero-order valence-corrected chi connectivity index (χ0v) is 18.3. The first-order valence-electron chi connectivity index (χ1n) is 9.31. The molecule has 1 fully saturated rings. The van der Waals surface area contributed by atoms with Gasteiger partial charge in [-0.1, -0.05) is 53.4 Å². The van der Waals surface area contributed by atoms with Crippen LogP contribution in [0.1, 0.15) is 24.8 Å². The minimum absolute atomic E-state index is 0.0344. The molecule has 0 aliphatic carbocycles. The second kappa shape index (κ2) is 8.82. The monoisotopic (exact) mass is 465 g/mol. The maximum absolute atomic E-state index is 12.6. The molecule has 1 aromatic carbocycles. The molecule has 30 heavy (non-hydrogen) atoms. The summed E-state index contributed by atoms with van der Waals surface area (Å²) >= 11 is 2.79. The molecule has 0 saturated carbocycles. The Kier molecular flexibility index (Phi) is 6.16. The number of aromatic nitrogens is 2. The fourth-order valence-corrected chi connectivity index (χ4v) is 6.59. The first-order valence-corrected chi connectivity index (χ1v) is 12.9. The van der Waals surface area contributed by atoms with E-state index in [1.807, 2.05) is 30.3 Å². The molecule has 2 amide bonds. The molecule has 0 radical (unpaired) electrons. The lowest BCUT2D eigenvalue weighted by Crippen LogP contribution is -2.42. The molecule has 2 aliphatic rings. The summed E-state index contributed by atoms with van der Waals surface area (Å²) in [4.78, 5) is 24.8. The molecule has 158 valence electrons. The molecular formula is C18H19N5O4S3. The molecule has 1 saturated heterocycles. The minimum atomic E-state index is -3.16. The van der Waals surface area contributed by atoms with Crippen molar-refractivity contribution < 1.29 is 18.0 Å². The van der Waals surface area contributed by atoms with Crippen LogP contribution in [-0.4, -0.2) is 58.7 Å². The van der Waals surface area contributed by atoms with Crippen LogP contribution in [0.2, 0.25) is 0 Å². The standard InChI is InChI=1S/C18H19N5O4S3/c24-15-7-6-14(22-23(15)13-8-9-30(26,27)11-13)16(25)19-17-20-21-18(29-17)28-10-12-4-2-1-3-5-12/h1-5,13H,6-11H2,(H,19,20,25). The lowest BCUT2D eigenvalue weighted by atomic mass is 10.1. The number of nitrogens with one attached hydrogen (secondary N) is 1. The normalized spacial score (nSPS) is 20.8. The Morgan fingerprint density at radius 2 is 2.03 bits per heavy atom. The first kappa shape index (κ1) is 20.9. The summed E-state index contributed by atoms with van der Waals surface area (Å²) in [5, 5.41) is 16.4. The molecule has 12 heteroatoms. The summed E-state index contributed by atoms with van der Waals surface area (Å²) in [6.07, 6.45) is 0.664. The van der Waals surface area contributed by atoms with E-state index in [1.165, 1.54) is 33.7 Å². The predicted octanol–water partition coefficient (Wildman–Crippen LogP) is 1.93. The zero-order chi connectivity index (χ0) is 21.1. The van der Waals surface area contributed by atoms with Crippen LogP contribution in [0, 0.1) is 0 Å². The Balaban J connectivity index is 1.38. The number of thioether (sulfide) groups is 1. The van der Waals surface area contributed by atoms with Gasteiger partial charge in [-0.25, -0.2) is 13.4 Å². The first-order chi connectivity index (χ1) is 14.4. The average Bonchev–Trinajstić information content (AvgIpc) is 3.33. The topological polar surface area (TPSA) is 122 Å². The number of hydrogen-bond donors (Lipinski definition) is 1. The number of carbonyl (C=O) groups excluding carboxylic acids is 2. The smallest absolute Gasteiger partial charge is 0.273 e. The van der Waals surface area contributed by atoms with E-state index in [-0.39, 0.29) is 36.0 Å². The van der Waals surface area contributed by atoms with Crippen molar-refractivity contribution in [2.45, 2.75) is 35.4 Å². The number of hydrazone groups is 1. The van der Waals surface area contributed by atoms with E-state index in [2.05, 4.69) is 20.6 Å². The number of nitrogens with zero attached hydrogens (tertiary/aromatic N) is 4. The van der Waals surface area contributed by atoms with Crippen molar-refractivity contribution in [2.75, 3.05) is 16.8 Å². The van der Waals surface area contributed by atoms with Crippen molar-refractivity contribution >= 4 is 55.6 Å². The van der Waals surface area contributed by atoms with Gasteiger partial charge in [0.05, 0.1) is 17.5 Å². The molecule has 2 aliphatic heterocycles. The van der Waals surface area contributed by atoms with Gasteiger partial charge in [-0.2, -0.15) is 5.10 Å². The van der Waals surface area contributed by atoms with Crippen molar-refractivity contribution in [1.29, 1.82) is 0 Å². The highest BCUT2D eigenvalue weighted by molar-refractivity contribution is 8.00. The molecule has 3 heterocycles. The van der Waals surface area contributed by atoms with Gasteiger partial charge in [-0.05, 0) is 12.0 Å². The molecule has 1 atom stereocenters. The highest BCUT2D eigenvalue weighted by Gasteiger charge is 2.37. The van der Waals surface area contributed by atoms with Crippen LogP contribution in [-0.2, 0) is 25.2 Å². The number of anilines is 1. The lowest BCUT2D eigenvalue weighted by molar-refractivity contribution is -0.133. The molecular weight excluding hydrogens is 446 g/mol. The van der Waals surface area contributed by atoms with Crippen molar-refractivity contribution in [1.82, 2.24) is 15.2 Å². The van der Waals surface area contributed by atoms with Crippen LogP contribution >= 0.6 is 23.1 Å². The Labute approximate surface area is 181 Å². The number of sulfone groups is 1. The van der Waals surface area contributed by atoms with Gasteiger partial charge in [0.1, 0.15) is 5.71 Å².